The average molecular weight is 492 g/mol. The van der Waals surface area contributed by atoms with E-state index < -0.39 is 0 Å². The maximum absolute atomic E-state index is 12.9. The molecule has 0 radical (unpaired) electrons. The summed E-state index contributed by atoms with van der Waals surface area (Å²) in [6, 6.07) is 33.2. The largest absolute Gasteiger partial charge is 0.301 e. The summed E-state index contributed by atoms with van der Waals surface area (Å²) in [4.78, 5) is 28.7. The monoisotopic (exact) mass is 491 g/mol. The summed E-state index contributed by atoms with van der Waals surface area (Å²) in [5.74, 6) is -0.437. The summed E-state index contributed by atoms with van der Waals surface area (Å²) >= 11 is 7.71. The average Bonchev–Trinajstić information content (AvgIpc) is 3.44. The summed E-state index contributed by atoms with van der Waals surface area (Å²) in [6.07, 6.45) is 1.71. The van der Waals surface area contributed by atoms with Gasteiger partial charge >= 0.3 is 0 Å². The molecular weight excluding hydrogens is 474 g/mol. The molecule has 0 atom stereocenters. The van der Waals surface area contributed by atoms with Gasteiger partial charge < -0.3 is 4.90 Å². The summed E-state index contributed by atoms with van der Waals surface area (Å²) in [7, 11) is 0. The van der Waals surface area contributed by atoms with E-state index in [1.54, 1.807) is 30.3 Å². The third-order valence-electron chi connectivity index (χ3n) is 6.12. The maximum atomic E-state index is 12.9. The lowest BCUT2D eigenvalue weighted by atomic mass is 10.1. The van der Waals surface area contributed by atoms with Crippen molar-refractivity contribution in [2.75, 3.05) is 4.90 Å². The molecule has 0 unspecified atom stereocenters. The number of thiophene rings is 1. The van der Waals surface area contributed by atoms with Gasteiger partial charge in [-0.1, -0.05) is 72.3 Å². The molecule has 5 heteroatoms. The number of carbonyl (C=O) groups is 2. The summed E-state index contributed by atoms with van der Waals surface area (Å²) in [5.41, 5.74) is 3.15. The Labute approximate surface area is 211 Å². The van der Waals surface area contributed by atoms with Crippen molar-refractivity contribution in [2.45, 2.75) is 0 Å². The Morgan fingerprint density at radius 2 is 1.34 bits per heavy atom. The number of fused-ring (bicyclic) bond motifs is 2. The number of allylic oxidation sites excluding steroid dienone is 1. The highest BCUT2D eigenvalue weighted by Crippen LogP contribution is 2.43. The lowest BCUT2D eigenvalue weighted by Gasteiger charge is -2.25. The van der Waals surface area contributed by atoms with Gasteiger partial charge in [0.15, 0.2) is 11.6 Å². The molecule has 0 saturated heterocycles. The minimum atomic E-state index is -0.218. The Morgan fingerprint density at radius 1 is 0.686 bits per heavy atom. The van der Waals surface area contributed by atoms with Crippen LogP contribution in [0, 0.1) is 0 Å². The van der Waals surface area contributed by atoms with E-state index in [2.05, 4.69) is 29.2 Å². The van der Waals surface area contributed by atoms with Gasteiger partial charge in [-0.05, 0) is 53.9 Å². The molecule has 3 nitrogen and oxygen atoms in total. The minimum absolute atomic E-state index is 0.211. The first-order chi connectivity index (χ1) is 17.1. The summed E-state index contributed by atoms with van der Waals surface area (Å²) in [5, 5.41) is 3.89. The van der Waals surface area contributed by atoms with Crippen molar-refractivity contribution in [3.63, 3.8) is 0 Å². The molecule has 1 aliphatic carbocycles. The highest BCUT2D eigenvalue weighted by Gasteiger charge is 2.32. The van der Waals surface area contributed by atoms with Crippen LogP contribution in [0.25, 0.3) is 16.8 Å². The molecule has 1 aliphatic rings. The fraction of sp³-hybridized carbons (Fsp3) is 0. The van der Waals surface area contributed by atoms with E-state index in [-0.39, 0.29) is 17.1 Å². The Bertz CT molecular complexity index is 1610. The van der Waals surface area contributed by atoms with Gasteiger partial charge in [0.2, 0.25) is 0 Å². The van der Waals surface area contributed by atoms with Crippen molar-refractivity contribution in [3.05, 3.63) is 130 Å². The molecular formula is C30H18ClNO2S. The highest BCUT2D eigenvalue weighted by molar-refractivity contribution is 7.17. The van der Waals surface area contributed by atoms with Crippen molar-refractivity contribution in [3.8, 4) is 0 Å². The molecule has 35 heavy (non-hydrogen) atoms. The lowest BCUT2D eigenvalue weighted by Crippen LogP contribution is -2.08. The van der Waals surface area contributed by atoms with Gasteiger partial charge in [-0.15, -0.1) is 11.3 Å². The van der Waals surface area contributed by atoms with Gasteiger partial charge in [-0.3, -0.25) is 9.59 Å². The van der Waals surface area contributed by atoms with Gasteiger partial charge in [0.25, 0.3) is 0 Å². The smallest absolute Gasteiger partial charge is 0.197 e. The number of benzene rings is 4. The molecule has 1 heterocycles. The van der Waals surface area contributed by atoms with Crippen LogP contribution in [-0.2, 0) is 0 Å². The standard InChI is InChI=1S/C30H18ClNO2S/c31-20-12-14-21(15-13-20)32(27-11-5-7-19-6-1-2-8-23(19)27)28-17-16-22(35-28)18-26-29(33)24-9-3-4-10-25(24)30(26)34/h1-18H. The zero-order valence-electron chi connectivity index (χ0n) is 18.4. The fourth-order valence-corrected chi connectivity index (χ4v) is 5.58. The van der Waals surface area contributed by atoms with E-state index in [1.807, 2.05) is 54.6 Å². The van der Waals surface area contributed by atoms with Gasteiger partial charge in [0, 0.05) is 32.1 Å². The molecule has 4 aromatic carbocycles. The first-order valence-electron chi connectivity index (χ1n) is 11.1. The van der Waals surface area contributed by atoms with Crippen molar-refractivity contribution in [2.24, 2.45) is 0 Å². The number of halogens is 1. The third-order valence-corrected chi connectivity index (χ3v) is 7.39. The van der Waals surface area contributed by atoms with Gasteiger partial charge in [-0.25, -0.2) is 0 Å². The van der Waals surface area contributed by atoms with Crippen molar-refractivity contribution >= 4 is 67.7 Å². The molecule has 168 valence electrons. The Balaban J connectivity index is 1.46. The van der Waals surface area contributed by atoms with Crippen LogP contribution in [-0.4, -0.2) is 11.6 Å². The van der Waals surface area contributed by atoms with Crippen LogP contribution in [0.5, 0.6) is 0 Å². The van der Waals surface area contributed by atoms with Crippen molar-refractivity contribution in [1.29, 1.82) is 0 Å². The minimum Gasteiger partial charge on any atom is -0.301 e. The van der Waals surface area contributed by atoms with Crippen LogP contribution in [0.3, 0.4) is 0 Å². The number of carbonyl (C=O) groups excluding carboxylic acids is 2. The summed E-state index contributed by atoms with van der Waals surface area (Å²) < 4.78 is 0. The molecule has 0 bridgehead atoms. The molecule has 0 fully saturated rings. The van der Waals surface area contributed by atoms with Crippen LogP contribution in [0.2, 0.25) is 5.02 Å². The van der Waals surface area contributed by atoms with E-state index in [9.17, 15) is 9.59 Å². The molecule has 5 aromatic rings. The van der Waals surface area contributed by atoms with E-state index in [0.717, 1.165) is 32.0 Å². The van der Waals surface area contributed by atoms with E-state index >= 15 is 0 Å². The highest BCUT2D eigenvalue weighted by atomic mass is 35.5. The molecule has 0 amide bonds. The second-order valence-corrected chi connectivity index (χ2v) is 9.78. The van der Waals surface area contributed by atoms with Crippen LogP contribution < -0.4 is 4.90 Å². The number of nitrogens with zero attached hydrogens (tertiary/aromatic N) is 1. The van der Waals surface area contributed by atoms with Crippen molar-refractivity contribution < 1.29 is 9.59 Å². The number of hydrogen-bond acceptors (Lipinski definition) is 4. The van der Waals surface area contributed by atoms with Gasteiger partial charge in [0.05, 0.1) is 11.3 Å². The lowest BCUT2D eigenvalue weighted by molar-refractivity contribution is 0.0990. The number of hydrogen-bond donors (Lipinski definition) is 0. The first-order valence-corrected chi connectivity index (χ1v) is 12.3. The Kier molecular flexibility index (Phi) is 5.33. The Hall–Kier alpha value is -3.99. The zero-order valence-corrected chi connectivity index (χ0v) is 20.0. The molecule has 0 N–H and O–H groups in total. The molecule has 6 rings (SSSR count). The summed E-state index contributed by atoms with van der Waals surface area (Å²) in [6.45, 7) is 0. The number of ketones is 2. The van der Waals surface area contributed by atoms with Crippen LogP contribution in [0.4, 0.5) is 16.4 Å². The van der Waals surface area contributed by atoms with Crippen molar-refractivity contribution in [1.82, 2.24) is 0 Å². The van der Waals surface area contributed by atoms with Crippen LogP contribution in [0.15, 0.2) is 109 Å². The first kappa shape index (κ1) is 21.5. The van der Waals surface area contributed by atoms with E-state index in [1.165, 1.54) is 11.3 Å². The van der Waals surface area contributed by atoms with Crippen LogP contribution >= 0.6 is 22.9 Å². The van der Waals surface area contributed by atoms with E-state index in [4.69, 9.17) is 11.6 Å². The number of anilines is 3. The molecule has 1 aromatic heterocycles. The van der Waals surface area contributed by atoms with Crippen LogP contribution in [0.1, 0.15) is 25.6 Å². The maximum Gasteiger partial charge on any atom is 0.197 e. The second-order valence-electron chi connectivity index (χ2n) is 8.25. The molecule has 0 spiro atoms. The predicted octanol–water partition coefficient (Wildman–Crippen LogP) is 8.49. The third kappa shape index (κ3) is 3.77. The normalized spacial score (nSPS) is 12.8. The predicted molar refractivity (Wildman–Crippen MR) is 145 cm³/mol. The quantitative estimate of drug-likeness (QED) is 0.187. The fourth-order valence-electron chi connectivity index (χ4n) is 4.46. The van der Waals surface area contributed by atoms with Gasteiger partial charge in [0.1, 0.15) is 5.00 Å². The second kappa shape index (κ2) is 8.66. The molecule has 0 saturated carbocycles. The van der Waals surface area contributed by atoms with E-state index in [0.29, 0.717) is 16.1 Å². The Morgan fingerprint density at radius 3 is 2.09 bits per heavy atom. The topological polar surface area (TPSA) is 37.4 Å². The zero-order chi connectivity index (χ0) is 23.9. The number of rotatable bonds is 4. The SMILES string of the molecule is O=C1C(=Cc2ccc(N(c3ccc(Cl)cc3)c3cccc4ccccc34)s2)C(=O)c2ccccc21. The number of Topliss-reactive ketones (excluding diaryl/α,β-unsaturated/α-hetero) is 2. The molecule has 0 aliphatic heterocycles. The van der Waals surface area contributed by atoms with Gasteiger partial charge in [-0.2, -0.15) is 0 Å².